The standard InChI is InChI=1S/C27H23N3O3S/c1-16-13-17(2)15-20(14-16)30-25(24(29-27(30)34)21-5-3-4-12-28-21)23-11-10-22(33-23)18-6-8-19(9-7-18)26(31)32/h3-15,24-25H,1-2H3,(H,29,34)(H,31,32)/t24-,25-/m0/s1. The van der Waals surface area contributed by atoms with Gasteiger partial charge in [-0.1, -0.05) is 24.3 Å². The summed E-state index contributed by atoms with van der Waals surface area (Å²) in [7, 11) is 0. The van der Waals surface area contributed by atoms with Gasteiger partial charge < -0.3 is 19.7 Å². The number of carbonyl (C=O) groups is 1. The summed E-state index contributed by atoms with van der Waals surface area (Å²) >= 11 is 5.79. The van der Waals surface area contributed by atoms with Crippen molar-refractivity contribution < 1.29 is 14.3 Å². The number of nitrogens with zero attached hydrogens (tertiary/aromatic N) is 2. The Hall–Kier alpha value is -3.97. The maximum atomic E-state index is 11.2. The molecule has 2 aromatic heterocycles. The van der Waals surface area contributed by atoms with Crippen molar-refractivity contribution in [2.75, 3.05) is 4.90 Å². The normalized spacial score (nSPS) is 17.6. The van der Waals surface area contributed by atoms with E-state index in [2.05, 4.69) is 47.2 Å². The zero-order valence-electron chi connectivity index (χ0n) is 18.7. The number of aryl methyl sites for hydroxylation is 2. The molecular weight excluding hydrogens is 446 g/mol. The van der Waals surface area contributed by atoms with Crippen molar-refractivity contribution >= 4 is 29.0 Å². The van der Waals surface area contributed by atoms with Crippen LogP contribution in [0.4, 0.5) is 5.69 Å². The van der Waals surface area contributed by atoms with E-state index in [1.54, 1.807) is 30.5 Å². The van der Waals surface area contributed by atoms with E-state index in [9.17, 15) is 9.90 Å². The number of carboxylic acid groups (broad SMARTS) is 1. The van der Waals surface area contributed by atoms with Gasteiger partial charge in [0.25, 0.3) is 0 Å². The predicted octanol–water partition coefficient (Wildman–Crippen LogP) is 5.83. The highest BCUT2D eigenvalue weighted by molar-refractivity contribution is 7.80. The van der Waals surface area contributed by atoms with Crippen molar-refractivity contribution in [2.45, 2.75) is 25.9 Å². The molecule has 1 fully saturated rings. The quantitative estimate of drug-likeness (QED) is 0.356. The highest BCUT2D eigenvalue weighted by Crippen LogP contribution is 2.43. The molecule has 0 spiro atoms. The molecule has 0 amide bonds. The Morgan fingerprint density at radius 2 is 1.76 bits per heavy atom. The molecule has 1 aliphatic heterocycles. The number of anilines is 1. The maximum absolute atomic E-state index is 11.2. The number of hydrogen-bond acceptors (Lipinski definition) is 4. The fourth-order valence-electron chi connectivity index (χ4n) is 4.46. The lowest BCUT2D eigenvalue weighted by Crippen LogP contribution is -2.29. The van der Waals surface area contributed by atoms with Crippen LogP contribution in [0, 0.1) is 13.8 Å². The van der Waals surface area contributed by atoms with Crippen molar-refractivity contribution in [1.82, 2.24) is 10.3 Å². The number of pyridine rings is 1. The first kappa shape index (κ1) is 21.9. The second-order valence-corrected chi connectivity index (χ2v) is 8.81. The molecule has 34 heavy (non-hydrogen) atoms. The van der Waals surface area contributed by atoms with E-state index in [0.29, 0.717) is 10.9 Å². The Kier molecular flexibility index (Phi) is 5.63. The number of aromatic carboxylic acids is 1. The molecule has 1 saturated heterocycles. The number of furan rings is 1. The van der Waals surface area contributed by atoms with E-state index in [0.717, 1.165) is 33.8 Å². The average molecular weight is 470 g/mol. The molecular formula is C27H23N3O3S. The van der Waals surface area contributed by atoms with E-state index in [1.807, 2.05) is 30.3 Å². The summed E-state index contributed by atoms with van der Waals surface area (Å²) in [4.78, 5) is 17.9. The Morgan fingerprint density at radius 1 is 1.03 bits per heavy atom. The van der Waals surface area contributed by atoms with E-state index in [4.69, 9.17) is 16.6 Å². The van der Waals surface area contributed by atoms with Crippen molar-refractivity contribution in [3.63, 3.8) is 0 Å². The number of benzene rings is 2. The molecule has 170 valence electrons. The first-order chi connectivity index (χ1) is 16.4. The van der Waals surface area contributed by atoms with Crippen molar-refractivity contribution in [3.05, 3.63) is 107 Å². The molecule has 0 saturated carbocycles. The largest absolute Gasteiger partial charge is 0.478 e. The molecule has 0 bridgehead atoms. The second-order valence-electron chi connectivity index (χ2n) is 8.43. The van der Waals surface area contributed by atoms with Gasteiger partial charge in [-0.25, -0.2) is 4.79 Å². The minimum Gasteiger partial charge on any atom is -0.478 e. The summed E-state index contributed by atoms with van der Waals surface area (Å²) in [5.74, 6) is 0.434. The first-order valence-electron chi connectivity index (χ1n) is 10.9. The molecule has 7 heteroatoms. The molecule has 2 atom stereocenters. The van der Waals surface area contributed by atoms with Gasteiger partial charge in [-0.2, -0.15) is 0 Å². The predicted molar refractivity (Wildman–Crippen MR) is 135 cm³/mol. The zero-order valence-corrected chi connectivity index (χ0v) is 19.5. The smallest absolute Gasteiger partial charge is 0.335 e. The number of thiocarbonyl (C=S) groups is 1. The van der Waals surface area contributed by atoms with Gasteiger partial charge in [0.2, 0.25) is 0 Å². The average Bonchev–Trinajstić information content (AvgIpc) is 3.43. The van der Waals surface area contributed by atoms with Crippen LogP contribution >= 0.6 is 12.2 Å². The summed E-state index contributed by atoms with van der Waals surface area (Å²) in [6.07, 6.45) is 1.77. The minimum absolute atomic E-state index is 0.206. The monoisotopic (exact) mass is 469 g/mol. The Morgan fingerprint density at radius 3 is 2.41 bits per heavy atom. The summed E-state index contributed by atoms with van der Waals surface area (Å²) < 4.78 is 6.35. The molecule has 0 radical (unpaired) electrons. The Bertz CT molecular complexity index is 1350. The van der Waals surface area contributed by atoms with E-state index < -0.39 is 5.97 Å². The minimum atomic E-state index is -0.959. The fraction of sp³-hybridized carbons (Fsp3) is 0.148. The number of hydrogen-bond donors (Lipinski definition) is 2. The Balaban J connectivity index is 1.58. The molecule has 2 N–H and O–H groups in total. The van der Waals surface area contributed by atoms with Crippen LogP contribution in [0.1, 0.15) is 45.0 Å². The number of nitrogens with one attached hydrogen (secondary N) is 1. The van der Waals surface area contributed by atoms with Crippen molar-refractivity contribution in [3.8, 4) is 11.3 Å². The van der Waals surface area contributed by atoms with Gasteiger partial charge >= 0.3 is 5.97 Å². The van der Waals surface area contributed by atoms with Gasteiger partial charge in [0, 0.05) is 17.4 Å². The molecule has 4 aromatic rings. The van der Waals surface area contributed by atoms with Crippen LogP contribution in [0.5, 0.6) is 0 Å². The molecule has 6 nitrogen and oxygen atoms in total. The van der Waals surface area contributed by atoms with Gasteiger partial charge in [-0.05, 0) is 85.7 Å². The fourth-order valence-corrected chi connectivity index (χ4v) is 4.80. The molecule has 2 aromatic carbocycles. The third kappa shape index (κ3) is 4.06. The summed E-state index contributed by atoms with van der Waals surface area (Å²) in [6.45, 7) is 4.14. The van der Waals surface area contributed by atoms with Crippen LogP contribution in [0.15, 0.2) is 83.4 Å². The zero-order chi connectivity index (χ0) is 23.8. The summed E-state index contributed by atoms with van der Waals surface area (Å²) in [5.41, 5.74) is 5.19. The molecule has 0 unspecified atom stereocenters. The van der Waals surface area contributed by atoms with Gasteiger partial charge in [0.15, 0.2) is 5.11 Å². The number of rotatable bonds is 5. The van der Waals surface area contributed by atoms with Gasteiger partial charge in [0.05, 0.1) is 17.3 Å². The lowest BCUT2D eigenvalue weighted by Gasteiger charge is -2.26. The van der Waals surface area contributed by atoms with Crippen LogP contribution < -0.4 is 10.2 Å². The Labute approximate surface area is 202 Å². The third-order valence-corrected chi connectivity index (χ3v) is 6.23. The van der Waals surface area contributed by atoms with Gasteiger partial charge in [-0.3, -0.25) is 4.98 Å². The molecule has 3 heterocycles. The molecule has 1 aliphatic rings. The van der Waals surface area contributed by atoms with Crippen LogP contribution in [0.2, 0.25) is 0 Å². The van der Waals surface area contributed by atoms with E-state index in [1.165, 1.54) is 0 Å². The topological polar surface area (TPSA) is 78.6 Å². The summed E-state index contributed by atoms with van der Waals surface area (Å²) in [6, 6.07) is 22.2. The number of aromatic nitrogens is 1. The highest BCUT2D eigenvalue weighted by atomic mass is 32.1. The van der Waals surface area contributed by atoms with Crippen molar-refractivity contribution in [1.29, 1.82) is 0 Å². The number of carboxylic acids is 1. The second kappa shape index (κ2) is 8.76. The van der Waals surface area contributed by atoms with E-state index in [-0.39, 0.29) is 17.6 Å². The lowest BCUT2D eigenvalue weighted by atomic mass is 10.0. The van der Waals surface area contributed by atoms with Crippen LogP contribution in [-0.2, 0) is 0 Å². The van der Waals surface area contributed by atoms with Gasteiger partial charge in [0.1, 0.15) is 17.6 Å². The van der Waals surface area contributed by atoms with Crippen LogP contribution in [0.25, 0.3) is 11.3 Å². The maximum Gasteiger partial charge on any atom is 0.335 e. The lowest BCUT2D eigenvalue weighted by molar-refractivity contribution is 0.0697. The summed E-state index contributed by atoms with van der Waals surface area (Å²) in [5, 5.41) is 13.2. The highest BCUT2D eigenvalue weighted by Gasteiger charge is 2.42. The SMILES string of the molecule is Cc1cc(C)cc(N2C(=S)N[C@@H](c3ccccn3)[C@@H]2c2ccc(-c3ccc(C(=O)O)cc3)o2)c1. The van der Waals surface area contributed by atoms with E-state index >= 15 is 0 Å². The third-order valence-electron chi connectivity index (χ3n) is 5.92. The first-order valence-corrected chi connectivity index (χ1v) is 11.3. The molecule has 0 aliphatic carbocycles. The van der Waals surface area contributed by atoms with Crippen LogP contribution in [-0.4, -0.2) is 21.2 Å². The van der Waals surface area contributed by atoms with Crippen LogP contribution in [0.3, 0.4) is 0 Å². The molecule has 5 rings (SSSR count). The van der Waals surface area contributed by atoms with Gasteiger partial charge in [-0.15, -0.1) is 0 Å². The van der Waals surface area contributed by atoms with Crippen molar-refractivity contribution in [2.24, 2.45) is 0 Å².